The summed E-state index contributed by atoms with van der Waals surface area (Å²) in [5.74, 6) is 0. The monoisotopic (exact) mass is 339 g/mol. The number of anilines is 1. The molecule has 0 aliphatic heterocycles. The molecule has 2 aromatic rings. The van der Waals surface area contributed by atoms with Crippen LogP contribution in [0.5, 0.6) is 0 Å². The summed E-state index contributed by atoms with van der Waals surface area (Å²) in [5.41, 5.74) is 1.44. The Labute approximate surface area is 136 Å². The summed E-state index contributed by atoms with van der Waals surface area (Å²) >= 11 is 7.27. The molecule has 1 aromatic carbocycles. The number of likely N-dealkylation sites (N-methyl/N-ethyl adjacent to an activating group) is 1. The fourth-order valence-corrected chi connectivity index (χ4v) is 2.65. The molecule has 0 fully saturated rings. The van der Waals surface area contributed by atoms with Gasteiger partial charge in [-0.15, -0.1) is 11.3 Å². The van der Waals surface area contributed by atoms with E-state index in [1.165, 1.54) is 28.4 Å². The Hall–Kier alpha value is -2.12. The van der Waals surface area contributed by atoms with Crippen LogP contribution in [0.15, 0.2) is 35.7 Å². The van der Waals surface area contributed by atoms with E-state index < -0.39 is 4.92 Å². The van der Waals surface area contributed by atoms with Gasteiger partial charge >= 0.3 is 6.03 Å². The van der Waals surface area contributed by atoms with Gasteiger partial charge in [0, 0.05) is 25.7 Å². The molecule has 0 unspecified atom stereocenters. The van der Waals surface area contributed by atoms with E-state index in [0.29, 0.717) is 23.0 Å². The van der Waals surface area contributed by atoms with Gasteiger partial charge in [-0.2, -0.15) is 0 Å². The van der Waals surface area contributed by atoms with Gasteiger partial charge < -0.3 is 10.2 Å². The molecule has 116 valence electrons. The smallest absolute Gasteiger partial charge is 0.321 e. The van der Waals surface area contributed by atoms with E-state index in [9.17, 15) is 14.9 Å². The van der Waals surface area contributed by atoms with Crippen molar-refractivity contribution in [1.82, 2.24) is 4.90 Å². The summed E-state index contributed by atoms with van der Waals surface area (Å²) in [5, 5.41) is 15.2. The third kappa shape index (κ3) is 4.19. The molecule has 0 spiro atoms. The van der Waals surface area contributed by atoms with Crippen LogP contribution in [0.1, 0.15) is 5.56 Å². The Morgan fingerprint density at radius 1 is 1.45 bits per heavy atom. The number of nitrogens with zero attached hydrogens (tertiary/aromatic N) is 2. The number of hydrogen-bond donors (Lipinski definition) is 1. The second kappa shape index (κ2) is 7.24. The zero-order chi connectivity index (χ0) is 16.1. The number of benzene rings is 1. The van der Waals surface area contributed by atoms with Crippen LogP contribution in [-0.2, 0) is 6.42 Å². The average Bonchev–Trinajstić information content (AvgIpc) is 2.90. The summed E-state index contributed by atoms with van der Waals surface area (Å²) < 4.78 is 0.528. The lowest BCUT2D eigenvalue weighted by Crippen LogP contribution is -2.32. The first-order valence-corrected chi connectivity index (χ1v) is 7.71. The largest absolute Gasteiger partial charge is 0.327 e. The number of nitrogens with one attached hydrogen (secondary N) is 1. The number of non-ortho nitro benzene ring substituents is 1. The predicted molar refractivity (Wildman–Crippen MR) is 87.8 cm³/mol. The molecule has 2 amide bonds. The average molecular weight is 340 g/mol. The molecule has 1 aromatic heterocycles. The molecule has 8 heteroatoms. The molecule has 0 aliphatic rings. The Kier molecular flexibility index (Phi) is 5.35. The molecule has 0 atom stereocenters. The van der Waals surface area contributed by atoms with Crippen LogP contribution in [0.25, 0.3) is 0 Å². The van der Waals surface area contributed by atoms with Gasteiger partial charge in [0.05, 0.1) is 10.6 Å². The van der Waals surface area contributed by atoms with Gasteiger partial charge in [-0.25, -0.2) is 4.79 Å². The third-order valence-electron chi connectivity index (χ3n) is 3.06. The SMILES string of the molecule is CN(CCc1cccc([N+](=O)[O-])c1)C(=O)Nc1ccsc1Cl. The van der Waals surface area contributed by atoms with Crippen molar-refractivity contribution in [3.05, 3.63) is 55.7 Å². The fraction of sp³-hybridized carbons (Fsp3) is 0.214. The third-order valence-corrected chi connectivity index (χ3v) is 4.23. The number of halogens is 1. The standard InChI is InChI=1S/C14H14ClN3O3S/c1-17(14(19)16-12-6-8-22-13(12)15)7-5-10-3-2-4-11(9-10)18(20)21/h2-4,6,8-9H,5,7H2,1H3,(H,16,19). The number of rotatable bonds is 5. The van der Waals surface area contributed by atoms with Gasteiger partial charge in [0.25, 0.3) is 5.69 Å². The van der Waals surface area contributed by atoms with E-state index in [1.54, 1.807) is 30.6 Å². The van der Waals surface area contributed by atoms with Gasteiger partial charge in [-0.05, 0) is 23.4 Å². The minimum Gasteiger partial charge on any atom is -0.327 e. The minimum atomic E-state index is -0.432. The van der Waals surface area contributed by atoms with Crippen molar-refractivity contribution < 1.29 is 9.72 Å². The summed E-state index contributed by atoms with van der Waals surface area (Å²) in [6.07, 6.45) is 0.531. The van der Waals surface area contributed by atoms with E-state index in [4.69, 9.17) is 11.6 Å². The molecule has 0 saturated heterocycles. The van der Waals surface area contributed by atoms with E-state index in [1.807, 2.05) is 0 Å². The molecular weight excluding hydrogens is 326 g/mol. The molecule has 1 heterocycles. The second-order valence-corrected chi connectivity index (χ2v) is 6.15. The van der Waals surface area contributed by atoms with E-state index in [-0.39, 0.29) is 11.7 Å². The summed E-state index contributed by atoms with van der Waals surface area (Å²) in [6.45, 7) is 0.439. The van der Waals surface area contributed by atoms with Crippen molar-refractivity contribution in [2.24, 2.45) is 0 Å². The van der Waals surface area contributed by atoms with Crippen molar-refractivity contribution in [3.8, 4) is 0 Å². The molecular formula is C14H14ClN3O3S. The van der Waals surface area contributed by atoms with Gasteiger partial charge in [-0.3, -0.25) is 10.1 Å². The van der Waals surface area contributed by atoms with E-state index >= 15 is 0 Å². The number of nitro benzene ring substituents is 1. The first-order chi connectivity index (χ1) is 10.5. The highest BCUT2D eigenvalue weighted by atomic mass is 35.5. The maximum atomic E-state index is 12.0. The zero-order valence-corrected chi connectivity index (χ0v) is 13.4. The second-order valence-electron chi connectivity index (χ2n) is 4.64. The van der Waals surface area contributed by atoms with Crippen molar-refractivity contribution in [1.29, 1.82) is 0 Å². The zero-order valence-electron chi connectivity index (χ0n) is 11.8. The maximum Gasteiger partial charge on any atom is 0.321 e. The molecule has 2 rings (SSSR count). The molecule has 22 heavy (non-hydrogen) atoms. The number of thiophene rings is 1. The van der Waals surface area contributed by atoms with E-state index in [2.05, 4.69) is 5.32 Å². The van der Waals surface area contributed by atoms with Crippen LogP contribution < -0.4 is 5.32 Å². The van der Waals surface area contributed by atoms with Crippen LogP contribution in [0, 0.1) is 10.1 Å². The number of nitro groups is 1. The van der Waals surface area contributed by atoms with Gasteiger partial charge in [0.15, 0.2) is 0 Å². The molecule has 0 saturated carbocycles. The number of hydrogen-bond acceptors (Lipinski definition) is 4. The molecule has 0 bridgehead atoms. The molecule has 0 radical (unpaired) electrons. The minimum absolute atomic E-state index is 0.0506. The van der Waals surface area contributed by atoms with Gasteiger partial charge in [0.2, 0.25) is 0 Å². The topological polar surface area (TPSA) is 75.5 Å². The lowest BCUT2D eigenvalue weighted by Gasteiger charge is -2.17. The van der Waals surface area contributed by atoms with Crippen LogP contribution >= 0.6 is 22.9 Å². The Balaban J connectivity index is 1.90. The number of carbonyl (C=O) groups is 1. The Bertz CT molecular complexity index is 689. The highest BCUT2D eigenvalue weighted by molar-refractivity contribution is 7.15. The van der Waals surface area contributed by atoms with Crippen molar-refractivity contribution in [3.63, 3.8) is 0 Å². The number of carbonyl (C=O) groups excluding carboxylic acids is 1. The van der Waals surface area contributed by atoms with Crippen molar-refractivity contribution in [2.75, 3.05) is 18.9 Å². The normalized spacial score (nSPS) is 10.3. The lowest BCUT2D eigenvalue weighted by molar-refractivity contribution is -0.384. The van der Waals surface area contributed by atoms with Crippen LogP contribution in [0.3, 0.4) is 0 Å². The molecule has 1 N–H and O–H groups in total. The first kappa shape index (κ1) is 16.3. The molecule has 0 aliphatic carbocycles. The predicted octanol–water partition coefficient (Wildman–Crippen LogP) is 4.02. The highest BCUT2D eigenvalue weighted by Crippen LogP contribution is 2.27. The highest BCUT2D eigenvalue weighted by Gasteiger charge is 2.12. The number of amides is 2. The molecule has 6 nitrogen and oxygen atoms in total. The summed E-state index contributed by atoms with van der Waals surface area (Å²) in [4.78, 5) is 23.8. The van der Waals surface area contributed by atoms with Crippen LogP contribution in [0.2, 0.25) is 4.34 Å². The van der Waals surface area contributed by atoms with Crippen LogP contribution in [-0.4, -0.2) is 29.4 Å². The Morgan fingerprint density at radius 2 is 2.23 bits per heavy atom. The van der Waals surface area contributed by atoms with Gasteiger partial charge in [0.1, 0.15) is 4.34 Å². The summed E-state index contributed by atoms with van der Waals surface area (Å²) in [7, 11) is 1.66. The van der Waals surface area contributed by atoms with Crippen molar-refractivity contribution >= 4 is 40.3 Å². The van der Waals surface area contributed by atoms with Gasteiger partial charge in [-0.1, -0.05) is 23.7 Å². The van der Waals surface area contributed by atoms with Crippen LogP contribution in [0.4, 0.5) is 16.2 Å². The maximum absolute atomic E-state index is 12.0. The Morgan fingerprint density at radius 3 is 2.86 bits per heavy atom. The number of urea groups is 1. The lowest BCUT2D eigenvalue weighted by atomic mass is 10.1. The van der Waals surface area contributed by atoms with Crippen molar-refractivity contribution in [2.45, 2.75) is 6.42 Å². The fourth-order valence-electron chi connectivity index (χ4n) is 1.82. The quantitative estimate of drug-likeness (QED) is 0.660. The summed E-state index contributed by atoms with van der Waals surface area (Å²) in [6, 6.07) is 7.86. The first-order valence-electron chi connectivity index (χ1n) is 6.46. The van der Waals surface area contributed by atoms with E-state index in [0.717, 1.165) is 5.56 Å².